The van der Waals surface area contributed by atoms with Crippen molar-refractivity contribution in [3.8, 4) is 0 Å². The largest absolute Gasteiger partial charge is 0.367 e. The smallest absolute Gasteiger partial charge is 0.254 e. The number of ether oxygens (including phenoxy) is 1. The van der Waals surface area contributed by atoms with E-state index in [1.807, 2.05) is 61.5 Å². The van der Waals surface area contributed by atoms with Gasteiger partial charge in [0.1, 0.15) is 6.10 Å². The van der Waals surface area contributed by atoms with E-state index in [-0.39, 0.29) is 23.0 Å². The van der Waals surface area contributed by atoms with Crippen LogP contribution >= 0.6 is 0 Å². The normalized spacial score (nSPS) is 21.1. The van der Waals surface area contributed by atoms with E-state index in [2.05, 4.69) is 0 Å². The van der Waals surface area contributed by atoms with Crippen LogP contribution in [0.2, 0.25) is 0 Å². The maximum Gasteiger partial charge on any atom is 0.254 e. The van der Waals surface area contributed by atoms with E-state index in [1.54, 1.807) is 23.1 Å². The van der Waals surface area contributed by atoms with Crippen LogP contribution in [-0.4, -0.2) is 49.3 Å². The van der Waals surface area contributed by atoms with Crippen LogP contribution in [0.25, 0.3) is 0 Å². The summed E-state index contributed by atoms with van der Waals surface area (Å²) < 4.78 is 34.4. The number of sulfonamides is 1. The van der Waals surface area contributed by atoms with Crippen molar-refractivity contribution >= 4 is 15.9 Å². The van der Waals surface area contributed by atoms with Crippen molar-refractivity contribution in [2.24, 2.45) is 0 Å². The van der Waals surface area contributed by atoms with Crippen LogP contribution in [0.5, 0.6) is 0 Å². The van der Waals surface area contributed by atoms with Gasteiger partial charge in [-0.1, -0.05) is 60.7 Å². The van der Waals surface area contributed by atoms with Crippen molar-refractivity contribution in [2.75, 3.05) is 19.6 Å². The molecule has 0 bridgehead atoms. The second kappa shape index (κ2) is 9.33. The van der Waals surface area contributed by atoms with Gasteiger partial charge in [-0.15, -0.1) is 0 Å². The van der Waals surface area contributed by atoms with Crippen LogP contribution in [0.3, 0.4) is 0 Å². The Kier molecular flexibility index (Phi) is 6.25. The summed E-state index contributed by atoms with van der Waals surface area (Å²) in [4.78, 5) is 15.3. The monoisotopic (exact) mass is 476 g/mol. The molecule has 0 N–H and O–H groups in total. The van der Waals surface area contributed by atoms with Gasteiger partial charge in [0.25, 0.3) is 5.91 Å². The number of rotatable bonds is 4. The minimum atomic E-state index is -3.72. The number of morpholine rings is 1. The van der Waals surface area contributed by atoms with Gasteiger partial charge >= 0.3 is 0 Å². The predicted octanol–water partition coefficient (Wildman–Crippen LogP) is 4.04. The molecule has 5 rings (SSSR count). The molecule has 0 radical (unpaired) electrons. The first kappa shape index (κ1) is 22.8. The summed E-state index contributed by atoms with van der Waals surface area (Å²) in [5.41, 5.74) is 3.61. The molecule has 2 aliphatic heterocycles. The zero-order chi connectivity index (χ0) is 23.7. The lowest BCUT2D eigenvalue weighted by molar-refractivity contribution is -0.0691. The molecule has 0 spiro atoms. The van der Waals surface area contributed by atoms with Crippen LogP contribution in [0.1, 0.15) is 40.1 Å². The van der Waals surface area contributed by atoms with Crippen LogP contribution in [0, 0.1) is 0 Å². The SMILES string of the molecule is CC1CN(C(=O)c2cccc(S(=O)(=O)N3CCc4ccccc4C3)c2)CC(c2ccccc2)O1. The topological polar surface area (TPSA) is 66.9 Å². The summed E-state index contributed by atoms with van der Waals surface area (Å²) in [6.45, 7) is 3.60. The zero-order valence-electron chi connectivity index (χ0n) is 19.1. The first-order chi connectivity index (χ1) is 16.4. The molecule has 1 amide bonds. The molecule has 6 nitrogen and oxygen atoms in total. The zero-order valence-corrected chi connectivity index (χ0v) is 19.9. The highest BCUT2D eigenvalue weighted by Crippen LogP contribution is 2.28. The van der Waals surface area contributed by atoms with Crippen molar-refractivity contribution in [3.63, 3.8) is 0 Å². The van der Waals surface area contributed by atoms with Crippen LogP contribution in [0.4, 0.5) is 0 Å². The Bertz CT molecular complexity index is 1290. The van der Waals surface area contributed by atoms with Gasteiger partial charge in [-0.25, -0.2) is 8.42 Å². The highest BCUT2D eigenvalue weighted by atomic mass is 32.2. The highest BCUT2D eigenvalue weighted by molar-refractivity contribution is 7.89. The fraction of sp³-hybridized carbons (Fsp3) is 0.296. The lowest BCUT2D eigenvalue weighted by atomic mass is 10.0. The van der Waals surface area contributed by atoms with Gasteiger partial charge in [0.2, 0.25) is 10.0 Å². The fourth-order valence-electron chi connectivity index (χ4n) is 4.77. The molecular formula is C27H28N2O4S. The number of carbonyl (C=O) groups is 1. The van der Waals surface area contributed by atoms with Gasteiger partial charge in [-0.2, -0.15) is 4.31 Å². The summed E-state index contributed by atoms with van der Waals surface area (Å²) in [5.74, 6) is -0.183. The molecule has 34 heavy (non-hydrogen) atoms. The Morgan fingerprint density at radius 2 is 1.65 bits per heavy atom. The summed E-state index contributed by atoms with van der Waals surface area (Å²) in [6.07, 6.45) is 0.345. The highest BCUT2D eigenvalue weighted by Gasteiger charge is 2.32. The molecular weight excluding hydrogens is 448 g/mol. The average Bonchev–Trinajstić information content (AvgIpc) is 2.88. The Morgan fingerprint density at radius 3 is 2.44 bits per heavy atom. The lowest BCUT2D eigenvalue weighted by Gasteiger charge is -2.37. The quantitative estimate of drug-likeness (QED) is 0.570. The third kappa shape index (κ3) is 4.51. The number of carbonyl (C=O) groups excluding carboxylic acids is 1. The van der Waals surface area contributed by atoms with Gasteiger partial charge in [-0.3, -0.25) is 4.79 Å². The summed E-state index contributed by atoms with van der Waals surface area (Å²) in [7, 11) is -3.72. The van der Waals surface area contributed by atoms with Crippen LogP contribution in [-0.2, 0) is 27.7 Å². The first-order valence-electron chi connectivity index (χ1n) is 11.6. The van der Waals surface area contributed by atoms with Crippen molar-refractivity contribution in [3.05, 3.63) is 101 Å². The Labute approximate surface area is 200 Å². The molecule has 3 aromatic carbocycles. The number of hydrogen-bond donors (Lipinski definition) is 0. The average molecular weight is 477 g/mol. The number of hydrogen-bond acceptors (Lipinski definition) is 4. The van der Waals surface area contributed by atoms with Gasteiger partial charge in [-0.05, 0) is 48.2 Å². The van der Waals surface area contributed by atoms with Gasteiger partial charge in [0, 0.05) is 25.2 Å². The van der Waals surface area contributed by atoms with E-state index >= 15 is 0 Å². The first-order valence-corrected chi connectivity index (χ1v) is 13.0. The molecule has 2 atom stereocenters. The van der Waals surface area contributed by atoms with Crippen molar-refractivity contribution in [1.29, 1.82) is 0 Å². The molecule has 0 saturated carbocycles. The fourth-order valence-corrected chi connectivity index (χ4v) is 6.23. The number of nitrogens with zero attached hydrogens (tertiary/aromatic N) is 2. The van der Waals surface area contributed by atoms with Gasteiger partial charge in [0.05, 0.1) is 17.5 Å². The molecule has 7 heteroatoms. The van der Waals surface area contributed by atoms with Crippen molar-refractivity contribution < 1.29 is 17.9 Å². The second-order valence-electron chi connectivity index (χ2n) is 8.94. The molecule has 1 saturated heterocycles. The number of benzene rings is 3. The van der Waals surface area contributed by atoms with Crippen molar-refractivity contribution in [1.82, 2.24) is 9.21 Å². The predicted molar refractivity (Wildman–Crippen MR) is 130 cm³/mol. The Morgan fingerprint density at radius 1 is 0.912 bits per heavy atom. The Balaban J connectivity index is 1.37. The number of amides is 1. The third-order valence-electron chi connectivity index (χ3n) is 6.53. The van der Waals surface area contributed by atoms with Gasteiger partial charge < -0.3 is 9.64 Å². The van der Waals surface area contributed by atoms with E-state index in [1.165, 1.54) is 15.9 Å². The lowest BCUT2D eigenvalue weighted by Crippen LogP contribution is -2.46. The Hall–Kier alpha value is -3.00. The van der Waals surface area contributed by atoms with Gasteiger partial charge in [0.15, 0.2) is 0 Å². The molecule has 2 aliphatic rings. The number of fused-ring (bicyclic) bond motifs is 1. The summed E-state index contributed by atoms with van der Waals surface area (Å²) in [5, 5.41) is 0. The van der Waals surface area contributed by atoms with Crippen LogP contribution in [0.15, 0.2) is 83.8 Å². The van der Waals surface area contributed by atoms with Crippen molar-refractivity contribution in [2.45, 2.75) is 37.0 Å². The second-order valence-corrected chi connectivity index (χ2v) is 10.9. The molecule has 3 aromatic rings. The standard InChI is InChI=1S/C27H28N2O4S/c1-20-17-28(19-26(33-20)22-9-3-2-4-10-22)27(30)23-12-7-13-25(16-23)34(31,32)29-15-14-21-8-5-6-11-24(21)18-29/h2-13,16,20,26H,14-15,17-19H2,1H3. The minimum absolute atomic E-state index is 0.122. The third-order valence-corrected chi connectivity index (χ3v) is 8.37. The molecule has 0 aromatic heterocycles. The van der Waals surface area contributed by atoms with E-state index in [0.29, 0.717) is 38.2 Å². The summed E-state index contributed by atoms with van der Waals surface area (Å²) >= 11 is 0. The van der Waals surface area contributed by atoms with E-state index in [0.717, 1.165) is 11.1 Å². The maximum atomic E-state index is 13.4. The molecule has 0 aliphatic carbocycles. The van der Waals surface area contributed by atoms with E-state index in [9.17, 15) is 13.2 Å². The molecule has 2 unspecified atom stereocenters. The van der Waals surface area contributed by atoms with E-state index in [4.69, 9.17) is 4.74 Å². The molecule has 176 valence electrons. The molecule has 2 heterocycles. The maximum absolute atomic E-state index is 13.4. The molecule has 1 fully saturated rings. The van der Waals surface area contributed by atoms with E-state index < -0.39 is 10.0 Å². The summed E-state index contributed by atoms with van der Waals surface area (Å²) in [6, 6.07) is 24.2. The van der Waals surface area contributed by atoms with Crippen LogP contribution < -0.4 is 0 Å². The minimum Gasteiger partial charge on any atom is -0.367 e.